The molecule has 0 unspecified atom stereocenters. The van der Waals surface area contributed by atoms with Crippen LogP contribution in [0.5, 0.6) is 0 Å². The number of pyridine rings is 1. The van der Waals surface area contributed by atoms with E-state index in [0.29, 0.717) is 29.8 Å². The molecular weight excluding hydrogens is 381 g/mol. The molecule has 1 atom stereocenters. The lowest BCUT2D eigenvalue weighted by Gasteiger charge is -2.37. The summed E-state index contributed by atoms with van der Waals surface area (Å²) in [6, 6.07) is 7.19. The van der Waals surface area contributed by atoms with Crippen LogP contribution in [0, 0.1) is 19.7 Å². The number of hydrogen-bond donors (Lipinski definition) is 2. The van der Waals surface area contributed by atoms with Gasteiger partial charge in [0.25, 0.3) is 0 Å². The molecule has 1 aliphatic heterocycles. The second kappa shape index (κ2) is 7.80. The molecule has 2 aromatic heterocycles. The van der Waals surface area contributed by atoms with Crippen LogP contribution >= 0.6 is 0 Å². The molecule has 3 aromatic rings. The average Bonchev–Trinajstić information content (AvgIpc) is 2.72. The SMILES string of the molecule is Cc1cccc([C@@H](C)Nc2nnc(C)c3ncc(N4CCC(C)(O)CC4)cc23)c1F. The van der Waals surface area contributed by atoms with Gasteiger partial charge in [0.15, 0.2) is 5.82 Å². The number of halogens is 1. The zero-order valence-electron chi connectivity index (χ0n) is 17.9. The minimum Gasteiger partial charge on any atom is -0.390 e. The van der Waals surface area contributed by atoms with Gasteiger partial charge in [0, 0.05) is 24.0 Å². The predicted octanol–water partition coefficient (Wildman–Crippen LogP) is 4.31. The Morgan fingerprint density at radius 2 is 1.93 bits per heavy atom. The Kier molecular flexibility index (Phi) is 5.32. The molecule has 1 aromatic carbocycles. The second-order valence-electron chi connectivity index (χ2n) is 8.55. The Morgan fingerprint density at radius 3 is 2.67 bits per heavy atom. The molecule has 0 radical (unpaired) electrons. The lowest BCUT2D eigenvalue weighted by Crippen LogP contribution is -2.42. The van der Waals surface area contributed by atoms with Gasteiger partial charge < -0.3 is 15.3 Å². The van der Waals surface area contributed by atoms with Crippen molar-refractivity contribution in [1.29, 1.82) is 0 Å². The highest BCUT2D eigenvalue weighted by molar-refractivity contribution is 5.92. The Labute approximate surface area is 176 Å². The number of aliphatic hydroxyl groups is 1. The summed E-state index contributed by atoms with van der Waals surface area (Å²) in [5.74, 6) is 0.378. The number of hydrogen-bond acceptors (Lipinski definition) is 6. The first-order valence-electron chi connectivity index (χ1n) is 10.4. The maximum atomic E-state index is 14.6. The Hall–Kier alpha value is -2.80. The molecule has 0 amide bonds. The summed E-state index contributed by atoms with van der Waals surface area (Å²) in [6.07, 6.45) is 3.28. The van der Waals surface area contributed by atoms with E-state index in [-0.39, 0.29) is 11.9 Å². The number of benzene rings is 1. The van der Waals surface area contributed by atoms with Gasteiger partial charge in [-0.15, -0.1) is 5.10 Å². The molecule has 0 bridgehead atoms. The Morgan fingerprint density at radius 1 is 1.20 bits per heavy atom. The van der Waals surface area contributed by atoms with E-state index in [9.17, 15) is 9.50 Å². The average molecular weight is 410 g/mol. The second-order valence-corrected chi connectivity index (χ2v) is 8.55. The van der Waals surface area contributed by atoms with Gasteiger partial charge in [-0.3, -0.25) is 4.98 Å². The smallest absolute Gasteiger partial charge is 0.158 e. The van der Waals surface area contributed by atoms with Crippen molar-refractivity contribution in [1.82, 2.24) is 15.2 Å². The predicted molar refractivity (Wildman–Crippen MR) is 117 cm³/mol. The van der Waals surface area contributed by atoms with E-state index in [1.165, 1.54) is 0 Å². The third kappa shape index (κ3) is 3.94. The van der Waals surface area contributed by atoms with E-state index in [2.05, 4.69) is 31.5 Å². The molecule has 4 rings (SSSR count). The van der Waals surface area contributed by atoms with Gasteiger partial charge in [0.1, 0.15) is 5.82 Å². The fourth-order valence-corrected chi connectivity index (χ4v) is 3.96. The van der Waals surface area contributed by atoms with E-state index in [1.807, 2.05) is 33.0 Å². The highest BCUT2D eigenvalue weighted by Crippen LogP contribution is 2.31. The first-order valence-corrected chi connectivity index (χ1v) is 10.4. The summed E-state index contributed by atoms with van der Waals surface area (Å²) in [4.78, 5) is 6.87. The Balaban J connectivity index is 1.68. The number of aromatic nitrogens is 3. The van der Waals surface area contributed by atoms with Crippen molar-refractivity contribution in [3.05, 3.63) is 53.1 Å². The highest BCUT2D eigenvalue weighted by atomic mass is 19.1. The molecule has 0 aliphatic carbocycles. The molecule has 7 heteroatoms. The van der Waals surface area contributed by atoms with Crippen LogP contribution in [0.25, 0.3) is 10.9 Å². The van der Waals surface area contributed by atoms with Gasteiger partial charge >= 0.3 is 0 Å². The molecule has 0 saturated carbocycles. The van der Waals surface area contributed by atoms with Crippen LogP contribution in [0.15, 0.2) is 30.5 Å². The van der Waals surface area contributed by atoms with Crippen LogP contribution in [0.3, 0.4) is 0 Å². The molecular formula is C23H28FN5O. The van der Waals surface area contributed by atoms with Gasteiger partial charge in [-0.2, -0.15) is 5.10 Å². The van der Waals surface area contributed by atoms with Crippen LogP contribution in [0.4, 0.5) is 15.9 Å². The third-order valence-corrected chi connectivity index (χ3v) is 6.02. The van der Waals surface area contributed by atoms with Crippen LogP contribution in [-0.2, 0) is 0 Å². The van der Waals surface area contributed by atoms with Crippen molar-refractivity contribution >= 4 is 22.4 Å². The zero-order chi connectivity index (χ0) is 21.5. The molecule has 6 nitrogen and oxygen atoms in total. The van der Waals surface area contributed by atoms with E-state index in [4.69, 9.17) is 0 Å². The van der Waals surface area contributed by atoms with E-state index >= 15 is 0 Å². The fourth-order valence-electron chi connectivity index (χ4n) is 3.96. The molecule has 158 valence electrons. The summed E-state index contributed by atoms with van der Waals surface area (Å²) in [5, 5.41) is 23.0. The quantitative estimate of drug-likeness (QED) is 0.669. The first kappa shape index (κ1) is 20.5. The normalized spacial score (nSPS) is 17.2. The number of piperidine rings is 1. The van der Waals surface area contributed by atoms with Gasteiger partial charge in [-0.05, 0) is 52.2 Å². The standard InChI is InChI=1S/C23H28FN5O/c1-14-6-5-7-18(20(14)24)15(2)26-22-19-12-17(13-25-21(19)16(3)27-28-22)29-10-8-23(4,30)9-11-29/h5-7,12-13,15,30H,8-11H2,1-4H3,(H,26,28)/t15-/m1/s1. The van der Waals surface area contributed by atoms with E-state index in [0.717, 1.165) is 35.4 Å². The molecule has 2 N–H and O–H groups in total. The third-order valence-electron chi connectivity index (χ3n) is 6.02. The molecule has 30 heavy (non-hydrogen) atoms. The van der Waals surface area contributed by atoms with E-state index < -0.39 is 5.60 Å². The number of nitrogens with zero attached hydrogens (tertiary/aromatic N) is 4. The van der Waals surface area contributed by atoms with Crippen molar-refractivity contribution in [2.45, 2.75) is 52.2 Å². The van der Waals surface area contributed by atoms with Crippen LogP contribution in [0.1, 0.15) is 49.6 Å². The van der Waals surface area contributed by atoms with Crippen LogP contribution in [0.2, 0.25) is 0 Å². The van der Waals surface area contributed by atoms with Crippen molar-refractivity contribution in [3.63, 3.8) is 0 Å². The largest absolute Gasteiger partial charge is 0.390 e. The van der Waals surface area contributed by atoms with Crippen LogP contribution in [-0.4, -0.2) is 39.0 Å². The Bertz CT molecular complexity index is 1070. The summed E-state index contributed by atoms with van der Waals surface area (Å²) < 4.78 is 14.6. The van der Waals surface area contributed by atoms with Crippen molar-refractivity contribution in [3.8, 4) is 0 Å². The van der Waals surface area contributed by atoms with Gasteiger partial charge in [0.2, 0.25) is 0 Å². The van der Waals surface area contributed by atoms with Gasteiger partial charge in [0.05, 0.1) is 34.7 Å². The lowest BCUT2D eigenvalue weighted by molar-refractivity contribution is 0.0351. The number of nitrogens with one attached hydrogen (secondary N) is 1. The number of rotatable bonds is 4. The van der Waals surface area contributed by atoms with Crippen molar-refractivity contribution < 1.29 is 9.50 Å². The lowest BCUT2D eigenvalue weighted by atomic mass is 9.93. The molecule has 1 fully saturated rings. The summed E-state index contributed by atoms with van der Waals surface area (Å²) in [5.41, 5.74) is 3.11. The molecule has 1 aliphatic rings. The minimum absolute atomic E-state index is 0.207. The van der Waals surface area contributed by atoms with Crippen LogP contribution < -0.4 is 10.2 Å². The van der Waals surface area contributed by atoms with Gasteiger partial charge in [-0.25, -0.2) is 4.39 Å². The van der Waals surface area contributed by atoms with Gasteiger partial charge in [-0.1, -0.05) is 18.2 Å². The summed E-state index contributed by atoms with van der Waals surface area (Å²) in [6.45, 7) is 8.98. The van der Waals surface area contributed by atoms with Crippen molar-refractivity contribution in [2.75, 3.05) is 23.3 Å². The fraction of sp³-hybridized carbons (Fsp3) is 0.435. The molecule has 0 spiro atoms. The maximum absolute atomic E-state index is 14.6. The molecule has 3 heterocycles. The monoisotopic (exact) mass is 409 g/mol. The minimum atomic E-state index is -0.608. The van der Waals surface area contributed by atoms with Crippen molar-refractivity contribution in [2.24, 2.45) is 0 Å². The van der Waals surface area contributed by atoms with E-state index in [1.54, 1.807) is 19.1 Å². The topological polar surface area (TPSA) is 74.2 Å². The number of anilines is 2. The maximum Gasteiger partial charge on any atom is 0.158 e. The molecule has 1 saturated heterocycles. The number of fused-ring (bicyclic) bond motifs is 1. The summed E-state index contributed by atoms with van der Waals surface area (Å²) >= 11 is 0. The first-order chi connectivity index (χ1) is 14.2. The summed E-state index contributed by atoms with van der Waals surface area (Å²) in [7, 11) is 0. The highest BCUT2D eigenvalue weighted by Gasteiger charge is 2.28. The number of aryl methyl sites for hydroxylation is 2. The zero-order valence-corrected chi connectivity index (χ0v) is 17.9.